The van der Waals surface area contributed by atoms with Crippen molar-refractivity contribution in [1.82, 2.24) is 14.9 Å². The largest absolute Gasteiger partial charge is 0.444 e. The normalized spacial score (nSPS) is 16.0. The molecular formula is C14H22N4O3. The third kappa shape index (κ3) is 4.29. The van der Waals surface area contributed by atoms with E-state index < -0.39 is 5.60 Å². The van der Waals surface area contributed by atoms with Crippen molar-refractivity contribution < 1.29 is 14.6 Å². The van der Waals surface area contributed by atoms with Gasteiger partial charge in [0.15, 0.2) is 5.82 Å². The molecule has 0 unspecified atom stereocenters. The molecule has 1 saturated heterocycles. The van der Waals surface area contributed by atoms with Gasteiger partial charge in [0.2, 0.25) is 0 Å². The Morgan fingerprint density at radius 2 is 2.00 bits per heavy atom. The summed E-state index contributed by atoms with van der Waals surface area (Å²) in [4.78, 5) is 24.0. The lowest BCUT2D eigenvalue weighted by Gasteiger charge is -2.36. The van der Waals surface area contributed by atoms with Gasteiger partial charge in [-0.25, -0.2) is 14.8 Å². The molecule has 0 atom stereocenters. The van der Waals surface area contributed by atoms with E-state index in [-0.39, 0.29) is 12.7 Å². The second-order valence-corrected chi connectivity index (χ2v) is 5.94. The molecule has 1 N–H and O–H groups in total. The number of rotatable bonds is 2. The van der Waals surface area contributed by atoms with Crippen LogP contribution < -0.4 is 4.90 Å². The van der Waals surface area contributed by atoms with E-state index in [1.807, 2.05) is 26.8 Å². The first-order valence-corrected chi connectivity index (χ1v) is 7.05. The number of hydrogen-bond donors (Lipinski definition) is 1. The Morgan fingerprint density at radius 3 is 2.57 bits per heavy atom. The van der Waals surface area contributed by atoms with E-state index >= 15 is 0 Å². The second-order valence-electron chi connectivity index (χ2n) is 5.94. The monoisotopic (exact) mass is 294 g/mol. The number of anilines is 1. The van der Waals surface area contributed by atoms with E-state index in [1.54, 1.807) is 11.1 Å². The molecule has 2 heterocycles. The third-order valence-corrected chi connectivity index (χ3v) is 3.09. The number of carbonyl (C=O) groups excluding carboxylic acids is 1. The Hall–Kier alpha value is -1.89. The van der Waals surface area contributed by atoms with Crippen LogP contribution in [0.4, 0.5) is 10.6 Å². The lowest BCUT2D eigenvalue weighted by atomic mass is 10.2. The predicted molar refractivity (Wildman–Crippen MR) is 78.0 cm³/mol. The van der Waals surface area contributed by atoms with Gasteiger partial charge in [-0.15, -0.1) is 0 Å². The maximum absolute atomic E-state index is 12.0. The summed E-state index contributed by atoms with van der Waals surface area (Å²) in [5.74, 6) is 1.18. The molecule has 1 aliphatic rings. The minimum Gasteiger partial charge on any atom is -0.444 e. The standard InChI is InChI=1S/C14H22N4O3/c1-14(2,3)21-13(20)18-8-6-17(7-9-18)12-4-5-15-11(10-19)16-12/h4-5,19H,6-10H2,1-3H3. The zero-order chi connectivity index (χ0) is 15.5. The average molecular weight is 294 g/mol. The molecule has 2 rings (SSSR count). The van der Waals surface area contributed by atoms with Crippen LogP contribution in [0.15, 0.2) is 12.3 Å². The Balaban J connectivity index is 1.92. The van der Waals surface area contributed by atoms with E-state index in [9.17, 15) is 4.79 Å². The number of aromatic nitrogens is 2. The molecule has 21 heavy (non-hydrogen) atoms. The first kappa shape index (κ1) is 15.5. The molecule has 0 bridgehead atoms. The van der Waals surface area contributed by atoms with Gasteiger partial charge in [0.1, 0.15) is 18.0 Å². The van der Waals surface area contributed by atoms with Crippen molar-refractivity contribution >= 4 is 11.9 Å². The molecule has 0 spiro atoms. The van der Waals surface area contributed by atoms with Crippen LogP contribution >= 0.6 is 0 Å². The average Bonchev–Trinajstić information content (AvgIpc) is 2.46. The Bertz CT molecular complexity index is 493. The quantitative estimate of drug-likeness (QED) is 0.877. The molecule has 116 valence electrons. The number of amides is 1. The molecule has 0 saturated carbocycles. The minimum absolute atomic E-state index is 0.175. The maximum Gasteiger partial charge on any atom is 0.410 e. The van der Waals surface area contributed by atoms with Crippen LogP contribution in [0.5, 0.6) is 0 Å². The Labute approximate surface area is 124 Å². The summed E-state index contributed by atoms with van der Waals surface area (Å²) in [6.07, 6.45) is 1.36. The van der Waals surface area contributed by atoms with Crippen LogP contribution in [0.2, 0.25) is 0 Å². The number of hydrogen-bond acceptors (Lipinski definition) is 6. The number of nitrogens with zero attached hydrogens (tertiary/aromatic N) is 4. The lowest BCUT2D eigenvalue weighted by molar-refractivity contribution is 0.0240. The van der Waals surface area contributed by atoms with Crippen LogP contribution in [0, 0.1) is 0 Å². The maximum atomic E-state index is 12.0. The van der Waals surface area contributed by atoms with Crippen LogP contribution in [-0.4, -0.2) is 57.8 Å². The van der Waals surface area contributed by atoms with Gasteiger partial charge in [-0.05, 0) is 26.8 Å². The van der Waals surface area contributed by atoms with Crippen LogP contribution in [0.1, 0.15) is 26.6 Å². The SMILES string of the molecule is CC(C)(C)OC(=O)N1CCN(c2ccnc(CO)n2)CC1. The summed E-state index contributed by atoms with van der Waals surface area (Å²) in [7, 11) is 0. The highest BCUT2D eigenvalue weighted by Crippen LogP contribution is 2.15. The summed E-state index contributed by atoms with van der Waals surface area (Å²) in [6, 6.07) is 1.81. The van der Waals surface area contributed by atoms with Crippen molar-refractivity contribution in [2.24, 2.45) is 0 Å². The fourth-order valence-electron chi connectivity index (χ4n) is 2.09. The smallest absolute Gasteiger partial charge is 0.410 e. The molecule has 7 nitrogen and oxygen atoms in total. The molecule has 1 aromatic heterocycles. The van der Waals surface area contributed by atoms with Gasteiger partial charge in [0.05, 0.1) is 0 Å². The van der Waals surface area contributed by atoms with Gasteiger partial charge in [0, 0.05) is 32.4 Å². The fraction of sp³-hybridized carbons (Fsp3) is 0.643. The van der Waals surface area contributed by atoms with Crippen LogP contribution in [-0.2, 0) is 11.3 Å². The zero-order valence-electron chi connectivity index (χ0n) is 12.7. The molecule has 0 radical (unpaired) electrons. The highest BCUT2D eigenvalue weighted by molar-refractivity contribution is 5.68. The first-order valence-electron chi connectivity index (χ1n) is 7.05. The topological polar surface area (TPSA) is 78.8 Å². The lowest BCUT2D eigenvalue weighted by Crippen LogP contribution is -2.50. The van der Waals surface area contributed by atoms with E-state index in [2.05, 4.69) is 14.9 Å². The van der Waals surface area contributed by atoms with Crippen molar-refractivity contribution in [2.75, 3.05) is 31.1 Å². The number of aliphatic hydroxyl groups excluding tert-OH is 1. The summed E-state index contributed by atoms with van der Waals surface area (Å²) in [5, 5.41) is 9.07. The summed E-state index contributed by atoms with van der Waals surface area (Å²) < 4.78 is 5.36. The highest BCUT2D eigenvalue weighted by atomic mass is 16.6. The number of carbonyl (C=O) groups is 1. The number of aliphatic hydroxyl groups is 1. The first-order chi connectivity index (χ1) is 9.89. The molecule has 1 aromatic rings. The second kappa shape index (κ2) is 6.26. The highest BCUT2D eigenvalue weighted by Gasteiger charge is 2.26. The molecule has 1 amide bonds. The van der Waals surface area contributed by atoms with Gasteiger partial charge in [0.25, 0.3) is 0 Å². The number of ether oxygens (including phenoxy) is 1. The summed E-state index contributed by atoms with van der Waals surface area (Å²) in [6.45, 7) is 7.95. The predicted octanol–water partition coefficient (Wildman–Crippen LogP) is 1.03. The van der Waals surface area contributed by atoms with E-state index in [0.29, 0.717) is 32.0 Å². The molecule has 1 aliphatic heterocycles. The van der Waals surface area contributed by atoms with E-state index in [1.165, 1.54) is 0 Å². The summed E-state index contributed by atoms with van der Waals surface area (Å²) in [5.41, 5.74) is -0.475. The van der Waals surface area contributed by atoms with Crippen LogP contribution in [0.25, 0.3) is 0 Å². The van der Waals surface area contributed by atoms with Gasteiger partial charge in [-0.3, -0.25) is 0 Å². The van der Waals surface area contributed by atoms with Crippen molar-refractivity contribution in [3.63, 3.8) is 0 Å². The molecular weight excluding hydrogens is 272 g/mol. The third-order valence-electron chi connectivity index (χ3n) is 3.09. The van der Waals surface area contributed by atoms with Gasteiger partial charge in [-0.1, -0.05) is 0 Å². The molecule has 0 aromatic carbocycles. The van der Waals surface area contributed by atoms with E-state index in [0.717, 1.165) is 5.82 Å². The Kier molecular flexibility index (Phi) is 4.62. The minimum atomic E-state index is -0.475. The van der Waals surface area contributed by atoms with Crippen LogP contribution in [0.3, 0.4) is 0 Å². The molecule has 1 fully saturated rings. The van der Waals surface area contributed by atoms with Crippen molar-refractivity contribution in [1.29, 1.82) is 0 Å². The molecule has 7 heteroatoms. The van der Waals surface area contributed by atoms with Crippen molar-refractivity contribution in [3.05, 3.63) is 18.1 Å². The van der Waals surface area contributed by atoms with Gasteiger partial charge < -0.3 is 19.6 Å². The molecule has 0 aliphatic carbocycles. The zero-order valence-corrected chi connectivity index (χ0v) is 12.7. The van der Waals surface area contributed by atoms with E-state index in [4.69, 9.17) is 9.84 Å². The van der Waals surface area contributed by atoms with Crippen molar-refractivity contribution in [2.45, 2.75) is 33.0 Å². The summed E-state index contributed by atoms with van der Waals surface area (Å²) >= 11 is 0. The fourth-order valence-corrected chi connectivity index (χ4v) is 2.09. The van der Waals surface area contributed by atoms with Crippen molar-refractivity contribution in [3.8, 4) is 0 Å². The number of piperazine rings is 1. The van der Waals surface area contributed by atoms with Gasteiger partial charge in [-0.2, -0.15) is 0 Å². The van der Waals surface area contributed by atoms with Gasteiger partial charge >= 0.3 is 6.09 Å². The Morgan fingerprint density at radius 1 is 1.33 bits per heavy atom.